The van der Waals surface area contributed by atoms with Crippen LogP contribution in [0.3, 0.4) is 0 Å². The second-order valence-corrected chi connectivity index (χ2v) is 10.0. The molecular formula is C25H21FO4S. The zero-order valence-electron chi connectivity index (χ0n) is 17.3. The molecule has 158 valence electrons. The fraction of sp³-hybridized carbons (Fsp3) is 0.160. The third kappa shape index (κ3) is 3.91. The van der Waals surface area contributed by atoms with E-state index in [0.29, 0.717) is 33.6 Å². The van der Waals surface area contributed by atoms with Crippen molar-refractivity contribution in [1.29, 1.82) is 0 Å². The highest BCUT2D eigenvalue weighted by Gasteiger charge is 2.43. The molecule has 0 atom stereocenters. The molecule has 0 fully saturated rings. The molecule has 0 N–H and O–H groups in total. The third-order valence-corrected chi connectivity index (χ3v) is 6.36. The Morgan fingerprint density at radius 2 is 1.48 bits per heavy atom. The predicted octanol–water partition coefficient (Wildman–Crippen LogP) is 5.14. The van der Waals surface area contributed by atoms with Gasteiger partial charge in [-0.1, -0.05) is 36.4 Å². The van der Waals surface area contributed by atoms with E-state index in [1.807, 2.05) is 24.3 Å². The van der Waals surface area contributed by atoms with Gasteiger partial charge in [0.1, 0.15) is 11.6 Å². The van der Waals surface area contributed by atoms with Gasteiger partial charge in [-0.2, -0.15) is 0 Å². The number of ether oxygens (including phenoxy) is 1. The summed E-state index contributed by atoms with van der Waals surface area (Å²) in [5.41, 5.74) is 1.87. The van der Waals surface area contributed by atoms with Gasteiger partial charge in [0.15, 0.2) is 15.4 Å². The number of hydrogen-bond donors (Lipinski definition) is 0. The Kier molecular flexibility index (Phi) is 5.06. The second kappa shape index (κ2) is 7.46. The zero-order chi connectivity index (χ0) is 22.4. The molecule has 1 aliphatic rings. The van der Waals surface area contributed by atoms with Crippen LogP contribution in [0.15, 0.2) is 77.7 Å². The molecule has 4 nitrogen and oxygen atoms in total. The van der Waals surface area contributed by atoms with Gasteiger partial charge in [0, 0.05) is 11.8 Å². The van der Waals surface area contributed by atoms with Crippen LogP contribution in [-0.2, 0) is 19.4 Å². The van der Waals surface area contributed by atoms with E-state index in [-0.39, 0.29) is 16.5 Å². The molecule has 1 heterocycles. The van der Waals surface area contributed by atoms with Crippen molar-refractivity contribution in [1.82, 2.24) is 0 Å². The van der Waals surface area contributed by atoms with Crippen molar-refractivity contribution in [2.45, 2.75) is 24.3 Å². The number of carbonyl (C=O) groups is 1. The number of rotatable bonds is 4. The molecule has 0 amide bonds. The smallest absolute Gasteiger partial charge is 0.210 e. The van der Waals surface area contributed by atoms with Gasteiger partial charge in [0.05, 0.1) is 10.5 Å². The van der Waals surface area contributed by atoms with Crippen molar-refractivity contribution in [3.05, 3.63) is 89.7 Å². The van der Waals surface area contributed by atoms with Gasteiger partial charge in [-0.05, 0) is 66.9 Å². The quantitative estimate of drug-likeness (QED) is 0.568. The van der Waals surface area contributed by atoms with Crippen LogP contribution in [0.2, 0.25) is 0 Å². The van der Waals surface area contributed by atoms with E-state index in [2.05, 4.69) is 0 Å². The molecule has 31 heavy (non-hydrogen) atoms. The van der Waals surface area contributed by atoms with Crippen LogP contribution in [0.5, 0.6) is 0 Å². The van der Waals surface area contributed by atoms with Crippen LogP contribution >= 0.6 is 0 Å². The average Bonchev–Trinajstić information content (AvgIpc) is 2.97. The topological polar surface area (TPSA) is 60.4 Å². The Balaban J connectivity index is 1.94. The van der Waals surface area contributed by atoms with Crippen molar-refractivity contribution < 1.29 is 22.3 Å². The summed E-state index contributed by atoms with van der Waals surface area (Å²) in [7, 11) is -3.35. The van der Waals surface area contributed by atoms with E-state index < -0.39 is 15.4 Å². The molecule has 3 aromatic rings. The number of benzene rings is 3. The first-order valence-corrected chi connectivity index (χ1v) is 11.6. The Morgan fingerprint density at radius 1 is 0.839 bits per heavy atom. The molecule has 4 rings (SSSR count). The maximum atomic E-state index is 13.9. The highest BCUT2D eigenvalue weighted by molar-refractivity contribution is 7.90. The van der Waals surface area contributed by atoms with Gasteiger partial charge >= 0.3 is 0 Å². The lowest BCUT2D eigenvalue weighted by atomic mass is 9.88. The van der Waals surface area contributed by atoms with Crippen LogP contribution < -0.4 is 0 Å². The predicted molar refractivity (Wildman–Crippen MR) is 118 cm³/mol. The van der Waals surface area contributed by atoms with E-state index in [4.69, 9.17) is 4.74 Å². The molecule has 3 aromatic carbocycles. The van der Waals surface area contributed by atoms with Crippen LogP contribution in [0.1, 0.15) is 25.0 Å². The molecule has 0 spiro atoms. The Labute approximate surface area is 180 Å². The highest BCUT2D eigenvalue weighted by atomic mass is 32.2. The molecule has 0 aromatic heterocycles. The average molecular weight is 437 g/mol. The van der Waals surface area contributed by atoms with Gasteiger partial charge in [0.2, 0.25) is 5.78 Å². The maximum absolute atomic E-state index is 13.9. The van der Waals surface area contributed by atoms with E-state index in [1.54, 1.807) is 38.1 Å². The number of carbonyl (C=O) groups excluding carboxylic acids is 1. The molecule has 6 heteroatoms. The molecule has 0 bridgehead atoms. The fourth-order valence-electron chi connectivity index (χ4n) is 3.67. The van der Waals surface area contributed by atoms with Crippen LogP contribution in [-0.4, -0.2) is 26.1 Å². The SMILES string of the molecule is CC1(C)OC(c2ccc(S(C)(=O)=O)cc2)=C(c2ccccc2-c2cccc(F)c2)C1=O. The summed E-state index contributed by atoms with van der Waals surface area (Å²) < 4.78 is 43.6. The Bertz CT molecular complexity index is 1320. The van der Waals surface area contributed by atoms with Crippen LogP contribution in [0.4, 0.5) is 4.39 Å². The number of halogens is 1. The van der Waals surface area contributed by atoms with Gasteiger partial charge in [-0.3, -0.25) is 4.79 Å². The van der Waals surface area contributed by atoms with Gasteiger partial charge in [-0.25, -0.2) is 12.8 Å². The highest BCUT2D eigenvalue weighted by Crippen LogP contribution is 2.44. The van der Waals surface area contributed by atoms with E-state index >= 15 is 0 Å². The summed E-state index contributed by atoms with van der Waals surface area (Å²) in [6, 6.07) is 19.7. The lowest BCUT2D eigenvalue weighted by Crippen LogP contribution is -2.29. The van der Waals surface area contributed by atoms with Crippen molar-refractivity contribution >= 4 is 27.0 Å². The zero-order valence-corrected chi connectivity index (χ0v) is 18.2. The number of hydrogen-bond acceptors (Lipinski definition) is 4. The lowest BCUT2D eigenvalue weighted by molar-refractivity contribution is -0.125. The van der Waals surface area contributed by atoms with Gasteiger partial charge in [0.25, 0.3) is 0 Å². The van der Waals surface area contributed by atoms with Crippen LogP contribution in [0.25, 0.3) is 22.5 Å². The monoisotopic (exact) mass is 436 g/mol. The summed E-state index contributed by atoms with van der Waals surface area (Å²) in [6.45, 7) is 3.38. The standard InChI is InChI=1S/C25H21FO4S/c1-25(2)24(27)22(23(30-25)16-11-13-19(14-12-16)31(3,28)29)21-10-5-4-9-20(21)17-7-6-8-18(26)15-17/h4-15H,1-3H3. The number of Topliss-reactive ketones (excluding diaryl/α,β-unsaturated/α-hetero) is 1. The van der Waals surface area contributed by atoms with Crippen molar-refractivity contribution in [2.24, 2.45) is 0 Å². The fourth-order valence-corrected chi connectivity index (χ4v) is 4.30. The lowest BCUT2D eigenvalue weighted by Gasteiger charge is -2.18. The first-order valence-electron chi connectivity index (χ1n) is 9.72. The summed E-state index contributed by atoms with van der Waals surface area (Å²) in [5.74, 6) is -0.190. The molecule has 0 saturated heterocycles. The molecular weight excluding hydrogens is 415 g/mol. The first kappa shape index (κ1) is 21.0. The molecule has 1 aliphatic heterocycles. The molecule has 0 aliphatic carbocycles. The van der Waals surface area contributed by atoms with Gasteiger partial charge < -0.3 is 4.74 Å². The van der Waals surface area contributed by atoms with E-state index in [1.165, 1.54) is 24.3 Å². The molecule has 0 radical (unpaired) electrons. The Hall–Kier alpha value is -3.25. The minimum absolute atomic E-state index is 0.183. The van der Waals surface area contributed by atoms with Crippen LogP contribution in [0, 0.1) is 5.82 Å². The molecule has 0 unspecified atom stereocenters. The van der Waals surface area contributed by atoms with Crippen molar-refractivity contribution in [3.8, 4) is 11.1 Å². The van der Waals surface area contributed by atoms with Crippen molar-refractivity contribution in [3.63, 3.8) is 0 Å². The maximum Gasteiger partial charge on any atom is 0.210 e. The normalized spacial score (nSPS) is 15.8. The summed E-state index contributed by atoms with van der Waals surface area (Å²) in [4.78, 5) is 13.5. The van der Waals surface area contributed by atoms with Crippen molar-refractivity contribution in [2.75, 3.05) is 6.26 Å². The summed E-state index contributed by atoms with van der Waals surface area (Å²) >= 11 is 0. The first-order chi connectivity index (χ1) is 14.6. The minimum Gasteiger partial charge on any atom is -0.478 e. The number of ketones is 1. The minimum atomic E-state index is -3.35. The van der Waals surface area contributed by atoms with E-state index in [0.717, 1.165) is 6.26 Å². The second-order valence-electron chi connectivity index (χ2n) is 8.00. The summed E-state index contributed by atoms with van der Waals surface area (Å²) in [6.07, 6.45) is 1.14. The summed E-state index contributed by atoms with van der Waals surface area (Å²) in [5, 5.41) is 0. The van der Waals surface area contributed by atoms with Gasteiger partial charge in [-0.15, -0.1) is 0 Å². The molecule has 0 saturated carbocycles. The Morgan fingerprint density at radius 3 is 2.10 bits per heavy atom. The number of sulfone groups is 1. The largest absolute Gasteiger partial charge is 0.478 e. The van der Waals surface area contributed by atoms with E-state index in [9.17, 15) is 17.6 Å². The third-order valence-electron chi connectivity index (χ3n) is 5.23.